The molecule has 0 saturated carbocycles. The molecule has 0 fully saturated rings. The summed E-state index contributed by atoms with van der Waals surface area (Å²) in [4.78, 5) is 0. The predicted molar refractivity (Wildman–Crippen MR) is 79.5 cm³/mol. The van der Waals surface area contributed by atoms with Crippen molar-refractivity contribution in [3.8, 4) is 11.6 Å². The maximum Gasteiger partial charge on any atom is 0.245 e. The Labute approximate surface area is 120 Å². The molecule has 2 heterocycles. The van der Waals surface area contributed by atoms with Crippen molar-refractivity contribution >= 4 is 16.4 Å². The smallest absolute Gasteiger partial charge is 0.245 e. The van der Waals surface area contributed by atoms with Crippen molar-refractivity contribution in [3.05, 3.63) is 60.4 Å². The van der Waals surface area contributed by atoms with Gasteiger partial charge < -0.3 is 4.74 Å². The van der Waals surface area contributed by atoms with Gasteiger partial charge in [-0.2, -0.15) is 4.52 Å². The average molecular weight is 276 g/mol. The van der Waals surface area contributed by atoms with E-state index in [0.29, 0.717) is 5.88 Å². The first-order valence-electron chi connectivity index (χ1n) is 6.64. The first-order valence-corrected chi connectivity index (χ1v) is 6.64. The van der Waals surface area contributed by atoms with Crippen molar-refractivity contribution < 1.29 is 4.74 Å². The molecule has 0 radical (unpaired) electrons. The zero-order valence-electron chi connectivity index (χ0n) is 11.4. The summed E-state index contributed by atoms with van der Waals surface area (Å²) in [6.07, 6.45) is 1.57. The molecule has 5 nitrogen and oxygen atoms in total. The lowest BCUT2D eigenvalue weighted by molar-refractivity contribution is 0.459. The van der Waals surface area contributed by atoms with Crippen LogP contribution in [0, 0.1) is 6.92 Å². The van der Waals surface area contributed by atoms with Crippen LogP contribution in [-0.2, 0) is 0 Å². The summed E-state index contributed by atoms with van der Waals surface area (Å²) >= 11 is 0. The molecule has 0 amide bonds. The number of hydrogen-bond acceptors (Lipinski definition) is 4. The number of fused-ring (bicyclic) bond motifs is 3. The molecule has 0 spiro atoms. The standard InChI is InChI=1S/C16H12N4O/c1-11-6-8-12(9-7-11)21-16-14-5-3-2-4-13(14)15-18-17-10-20(15)19-16/h2-10H,1H3. The molecular formula is C16H12N4O. The highest BCUT2D eigenvalue weighted by atomic mass is 16.5. The van der Waals surface area contributed by atoms with Crippen molar-refractivity contribution in [1.82, 2.24) is 19.8 Å². The number of aromatic nitrogens is 4. The molecule has 4 aromatic rings. The van der Waals surface area contributed by atoms with Crippen LogP contribution in [0.1, 0.15) is 5.56 Å². The maximum absolute atomic E-state index is 5.94. The molecule has 102 valence electrons. The van der Waals surface area contributed by atoms with Gasteiger partial charge in [0.15, 0.2) is 5.65 Å². The van der Waals surface area contributed by atoms with Gasteiger partial charge in [0, 0.05) is 10.8 Å². The SMILES string of the molecule is Cc1ccc(Oc2nn3cnnc3c3ccccc23)cc1. The van der Waals surface area contributed by atoms with Gasteiger partial charge in [-0.1, -0.05) is 35.9 Å². The predicted octanol–water partition coefficient (Wildman–Crippen LogP) is 3.38. The third-order valence-electron chi connectivity index (χ3n) is 3.36. The van der Waals surface area contributed by atoms with Crippen LogP contribution >= 0.6 is 0 Å². The average Bonchev–Trinajstić information content (AvgIpc) is 2.98. The third-order valence-corrected chi connectivity index (χ3v) is 3.36. The van der Waals surface area contributed by atoms with Gasteiger partial charge in [0.2, 0.25) is 5.88 Å². The number of ether oxygens (including phenoxy) is 1. The van der Waals surface area contributed by atoms with Gasteiger partial charge >= 0.3 is 0 Å². The van der Waals surface area contributed by atoms with E-state index in [1.54, 1.807) is 10.8 Å². The molecule has 0 aliphatic carbocycles. The molecule has 4 rings (SSSR count). The van der Waals surface area contributed by atoms with Gasteiger partial charge in [-0.05, 0) is 25.1 Å². The second-order valence-corrected chi connectivity index (χ2v) is 4.86. The molecule has 0 bridgehead atoms. The summed E-state index contributed by atoms with van der Waals surface area (Å²) < 4.78 is 7.57. The second-order valence-electron chi connectivity index (χ2n) is 4.86. The molecule has 0 atom stereocenters. The van der Waals surface area contributed by atoms with Crippen molar-refractivity contribution in [2.75, 3.05) is 0 Å². The lowest BCUT2D eigenvalue weighted by Crippen LogP contribution is -1.97. The van der Waals surface area contributed by atoms with Crippen molar-refractivity contribution in [1.29, 1.82) is 0 Å². The van der Waals surface area contributed by atoms with Crippen LogP contribution in [-0.4, -0.2) is 19.8 Å². The van der Waals surface area contributed by atoms with Crippen molar-refractivity contribution in [2.24, 2.45) is 0 Å². The number of rotatable bonds is 2. The Morgan fingerprint density at radius 3 is 2.52 bits per heavy atom. The fraction of sp³-hybridized carbons (Fsp3) is 0.0625. The van der Waals surface area contributed by atoms with Gasteiger partial charge in [-0.15, -0.1) is 15.3 Å². The lowest BCUT2D eigenvalue weighted by atomic mass is 10.2. The van der Waals surface area contributed by atoms with E-state index in [1.165, 1.54) is 5.56 Å². The van der Waals surface area contributed by atoms with Crippen LogP contribution in [0.3, 0.4) is 0 Å². The minimum atomic E-state index is 0.543. The Hall–Kier alpha value is -2.95. The van der Waals surface area contributed by atoms with Crippen LogP contribution in [0.15, 0.2) is 54.9 Å². The Bertz CT molecular complexity index is 928. The number of nitrogens with zero attached hydrogens (tertiary/aromatic N) is 4. The van der Waals surface area contributed by atoms with Crippen LogP contribution in [0.25, 0.3) is 16.4 Å². The van der Waals surface area contributed by atoms with Gasteiger partial charge in [0.05, 0.1) is 0 Å². The molecular weight excluding hydrogens is 264 g/mol. The molecule has 2 aromatic carbocycles. The fourth-order valence-corrected chi connectivity index (χ4v) is 2.29. The minimum Gasteiger partial charge on any atom is -0.437 e. The molecule has 0 aliphatic rings. The summed E-state index contributed by atoms with van der Waals surface area (Å²) in [5, 5.41) is 14.3. The van der Waals surface area contributed by atoms with E-state index in [2.05, 4.69) is 15.3 Å². The van der Waals surface area contributed by atoms with E-state index in [4.69, 9.17) is 4.74 Å². The zero-order chi connectivity index (χ0) is 14.2. The lowest BCUT2D eigenvalue weighted by Gasteiger charge is -2.08. The highest BCUT2D eigenvalue weighted by Crippen LogP contribution is 2.29. The summed E-state index contributed by atoms with van der Waals surface area (Å²) in [6, 6.07) is 15.8. The molecule has 0 saturated heterocycles. The summed E-state index contributed by atoms with van der Waals surface area (Å²) in [5.74, 6) is 1.30. The monoisotopic (exact) mass is 276 g/mol. The van der Waals surface area contributed by atoms with Gasteiger partial charge in [0.1, 0.15) is 12.1 Å². The van der Waals surface area contributed by atoms with Gasteiger partial charge in [0.25, 0.3) is 0 Å². The number of aryl methyl sites for hydroxylation is 1. The van der Waals surface area contributed by atoms with Gasteiger partial charge in [-0.3, -0.25) is 0 Å². The van der Waals surface area contributed by atoms with E-state index >= 15 is 0 Å². The molecule has 0 aliphatic heterocycles. The maximum atomic E-state index is 5.94. The summed E-state index contributed by atoms with van der Waals surface area (Å²) in [7, 11) is 0. The Morgan fingerprint density at radius 2 is 1.71 bits per heavy atom. The van der Waals surface area contributed by atoms with Crippen molar-refractivity contribution in [3.63, 3.8) is 0 Å². The quantitative estimate of drug-likeness (QED) is 0.563. The van der Waals surface area contributed by atoms with E-state index in [9.17, 15) is 0 Å². The minimum absolute atomic E-state index is 0.543. The first kappa shape index (κ1) is 11.8. The number of benzene rings is 2. The molecule has 5 heteroatoms. The number of hydrogen-bond donors (Lipinski definition) is 0. The van der Waals surface area contributed by atoms with E-state index < -0.39 is 0 Å². The topological polar surface area (TPSA) is 52.3 Å². The Morgan fingerprint density at radius 1 is 0.952 bits per heavy atom. The Kier molecular flexibility index (Phi) is 2.57. The highest BCUT2D eigenvalue weighted by Gasteiger charge is 2.11. The second kappa shape index (κ2) is 4.56. The molecule has 0 N–H and O–H groups in total. The van der Waals surface area contributed by atoms with E-state index in [1.807, 2.05) is 55.5 Å². The normalized spacial score (nSPS) is 11.1. The van der Waals surface area contributed by atoms with Crippen LogP contribution < -0.4 is 4.74 Å². The van der Waals surface area contributed by atoms with Crippen LogP contribution in [0.5, 0.6) is 11.6 Å². The van der Waals surface area contributed by atoms with E-state index in [0.717, 1.165) is 22.2 Å². The van der Waals surface area contributed by atoms with Crippen molar-refractivity contribution in [2.45, 2.75) is 6.92 Å². The largest absolute Gasteiger partial charge is 0.437 e. The fourth-order valence-electron chi connectivity index (χ4n) is 2.29. The summed E-state index contributed by atoms with van der Waals surface area (Å²) in [5.41, 5.74) is 1.91. The van der Waals surface area contributed by atoms with E-state index in [-0.39, 0.29) is 0 Å². The first-order chi connectivity index (χ1) is 10.3. The third kappa shape index (κ3) is 1.99. The highest BCUT2D eigenvalue weighted by molar-refractivity contribution is 5.96. The zero-order valence-corrected chi connectivity index (χ0v) is 11.4. The molecule has 2 aromatic heterocycles. The molecule has 21 heavy (non-hydrogen) atoms. The van der Waals surface area contributed by atoms with Crippen LogP contribution in [0.2, 0.25) is 0 Å². The summed E-state index contributed by atoms with van der Waals surface area (Å²) in [6.45, 7) is 2.04. The molecule has 0 unspecified atom stereocenters. The van der Waals surface area contributed by atoms with Gasteiger partial charge in [-0.25, -0.2) is 0 Å². The van der Waals surface area contributed by atoms with Crippen LogP contribution in [0.4, 0.5) is 0 Å². The Balaban J connectivity index is 1.91.